The molecule has 0 saturated carbocycles. The second-order valence-corrected chi connectivity index (χ2v) is 3.97. The second-order valence-electron chi connectivity index (χ2n) is 3.97. The summed E-state index contributed by atoms with van der Waals surface area (Å²) in [4.78, 5) is 25.1. The molecule has 0 saturated heterocycles. The number of nitro benzene ring substituents is 1. The van der Waals surface area contributed by atoms with Crippen LogP contribution in [0.4, 0.5) is 11.4 Å². The molecule has 7 nitrogen and oxygen atoms in total. The van der Waals surface area contributed by atoms with Crippen molar-refractivity contribution < 1.29 is 14.8 Å². The maximum absolute atomic E-state index is 11.0. The smallest absolute Gasteiger partial charge is 0.342 e. The van der Waals surface area contributed by atoms with Crippen LogP contribution in [0.5, 0.6) is 0 Å². The number of nitrogens with zero attached hydrogens (tertiary/aromatic N) is 2. The zero-order valence-electron chi connectivity index (χ0n) is 10.3. The molecule has 0 bridgehead atoms. The number of pyridine rings is 1. The average molecular weight is 273 g/mol. The van der Waals surface area contributed by atoms with Gasteiger partial charge in [0.2, 0.25) is 0 Å². The van der Waals surface area contributed by atoms with Crippen LogP contribution in [0.1, 0.15) is 16.1 Å². The van der Waals surface area contributed by atoms with Gasteiger partial charge < -0.3 is 10.4 Å². The van der Waals surface area contributed by atoms with Gasteiger partial charge in [-0.1, -0.05) is 6.07 Å². The van der Waals surface area contributed by atoms with E-state index in [-0.39, 0.29) is 5.56 Å². The average Bonchev–Trinajstić information content (AvgIpc) is 2.45. The molecule has 0 atom stereocenters. The first-order chi connectivity index (χ1) is 9.58. The standard InChI is InChI=1S/C13H11N3O4/c17-13(18)11-7-9(4-5-12(11)16(19)20)15-8-10-3-1-2-6-14-10/h1-7,15H,8H2,(H,17,18). The Balaban J connectivity index is 2.19. The summed E-state index contributed by atoms with van der Waals surface area (Å²) in [5.41, 5.74) is 0.489. The van der Waals surface area contributed by atoms with Gasteiger partial charge in [-0.3, -0.25) is 15.1 Å². The number of carbonyl (C=O) groups is 1. The van der Waals surface area contributed by atoms with Crippen molar-refractivity contribution in [1.82, 2.24) is 4.98 Å². The lowest BCUT2D eigenvalue weighted by atomic mass is 10.1. The van der Waals surface area contributed by atoms with E-state index in [0.29, 0.717) is 12.2 Å². The van der Waals surface area contributed by atoms with E-state index >= 15 is 0 Å². The lowest BCUT2D eigenvalue weighted by molar-refractivity contribution is -0.385. The van der Waals surface area contributed by atoms with Crippen molar-refractivity contribution in [1.29, 1.82) is 0 Å². The van der Waals surface area contributed by atoms with Crippen LogP contribution in [-0.4, -0.2) is 21.0 Å². The highest BCUT2D eigenvalue weighted by Gasteiger charge is 2.19. The molecular weight excluding hydrogens is 262 g/mol. The predicted molar refractivity (Wildman–Crippen MR) is 71.6 cm³/mol. The topological polar surface area (TPSA) is 105 Å². The fourth-order valence-corrected chi connectivity index (χ4v) is 1.67. The largest absolute Gasteiger partial charge is 0.477 e. The minimum absolute atomic E-state index is 0.346. The van der Waals surface area contributed by atoms with E-state index in [9.17, 15) is 14.9 Å². The summed E-state index contributed by atoms with van der Waals surface area (Å²) in [5, 5.41) is 22.7. The molecule has 20 heavy (non-hydrogen) atoms. The Bertz CT molecular complexity index is 643. The SMILES string of the molecule is O=C(O)c1cc(NCc2ccccn2)ccc1[N+](=O)[O-]. The van der Waals surface area contributed by atoms with Crippen LogP contribution in [0.2, 0.25) is 0 Å². The van der Waals surface area contributed by atoms with Crippen molar-refractivity contribution >= 4 is 17.3 Å². The highest BCUT2D eigenvalue weighted by atomic mass is 16.6. The number of aromatic nitrogens is 1. The van der Waals surface area contributed by atoms with Gasteiger partial charge in [0.25, 0.3) is 5.69 Å². The first-order valence-corrected chi connectivity index (χ1v) is 5.73. The Kier molecular flexibility index (Phi) is 3.90. The maximum Gasteiger partial charge on any atom is 0.342 e. The molecule has 0 aliphatic heterocycles. The van der Waals surface area contributed by atoms with Crippen LogP contribution in [-0.2, 0) is 6.54 Å². The zero-order valence-corrected chi connectivity index (χ0v) is 10.3. The van der Waals surface area contributed by atoms with E-state index in [1.54, 1.807) is 12.3 Å². The van der Waals surface area contributed by atoms with Crippen molar-refractivity contribution in [2.45, 2.75) is 6.54 Å². The Morgan fingerprint density at radius 3 is 2.75 bits per heavy atom. The molecule has 1 aromatic carbocycles. The Hall–Kier alpha value is -2.96. The molecule has 1 aromatic heterocycles. The monoisotopic (exact) mass is 273 g/mol. The number of benzene rings is 1. The minimum Gasteiger partial charge on any atom is -0.477 e. The number of carboxylic acid groups (broad SMARTS) is 1. The third kappa shape index (κ3) is 3.08. The normalized spacial score (nSPS) is 10.0. The van der Waals surface area contributed by atoms with Gasteiger partial charge in [-0.2, -0.15) is 0 Å². The molecule has 0 fully saturated rings. The molecule has 1 heterocycles. The third-order valence-electron chi connectivity index (χ3n) is 2.62. The number of hydrogen-bond donors (Lipinski definition) is 2. The van der Waals surface area contributed by atoms with E-state index < -0.39 is 16.6 Å². The van der Waals surface area contributed by atoms with E-state index in [0.717, 1.165) is 5.69 Å². The van der Waals surface area contributed by atoms with E-state index in [2.05, 4.69) is 10.3 Å². The minimum atomic E-state index is -1.34. The number of nitro groups is 1. The summed E-state index contributed by atoms with van der Waals surface area (Å²) in [6.45, 7) is 0.401. The summed E-state index contributed by atoms with van der Waals surface area (Å²) in [6, 6.07) is 9.32. The van der Waals surface area contributed by atoms with Crippen molar-refractivity contribution in [3.05, 3.63) is 64.0 Å². The summed E-state index contributed by atoms with van der Waals surface area (Å²) >= 11 is 0. The van der Waals surface area contributed by atoms with Gasteiger partial charge in [0.1, 0.15) is 5.56 Å². The summed E-state index contributed by atoms with van der Waals surface area (Å²) in [6.07, 6.45) is 1.65. The highest BCUT2D eigenvalue weighted by molar-refractivity contribution is 5.93. The van der Waals surface area contributed by atoms with Crippen LogP contribution in [0.25, 0.3) is 0 Å². The molecule has 0 amide bonds. The van der Waals surface area contributed by atoms with Gasteiger partial charge in [-0.25, -0.2) is 4.79 Å². The van der Waals surface area contributed by atoms with Crippen LogP contribution in [0, 0.1) is 10.1 Å². The lowest BCUT2D eigenvalue weighted by Gasteiger charge is -2.07. The molecule has 2 aromatic rings. The van der Waals surface area contributed by atoms with E-state index in [1.807, 2.05) is 12.1 Å². The third-order valence-corrected chi connectivity index (χ3v) is 2.62. The van der Waals surface area contributed by atoms with E-state index in [4.69, 9.17) is 5.11 Å². The van der Waals surface area contributed by atoms with Gasteiger partial charge in [0, 0.05) is 18.0 Å². The molecule has 102 valence electrons. The Morgan fingerprint density at radius 1 is 1.35 bits per heavy atom. The first-order valence-electron chi connectivity index (χ1n) is 5.73. The van der Waals surface area contributed by atoms with Gasteiger partial charge in [-0.05, 0) is 24.3 Å². The molecule has 0 aliphatic carbocycles. The van der Waals surface area contributed by atoms with Crippen molar-refractivity contribution in [3.8, 4) is 0 Å². The highest BCUT2D eigenvalue weighted by Crippen LogP contribution is 2.22. The quantitative estimate of drug-likeness (QED) is 0.639. The number of carboxylic acids is 1. The van der Waals surface area contributed by atoms with Crippen molar-refractivity contribution in [2.75, 3.05) is 5.32 Å². The van der Waals surface area contributed by atoms with Gasteiger partial charge in [-0.15, -0.1) is 0 Å². The Labute approximate surface area is 114 Å². The molecule has 0 unspecified atom stereocenters. The van der Waals surface area contributed by atoms with E-state index in [1.165, 1.54) is 18.2 Å². The fourth-order valence-electron chi connectivity index (χ4n) is 1.67. The molecule has 0 aliphatic rings. The molecule has 7 heteroatoms. The molecular formula is C13H11N3O4. The lowest BCUT2D eigenvalue weighted by Crippen LogP contribution is -2.06. The predicted octanol–water partition coefficient (Wildman–Crippen LogP) is 2.30. The van der Waals surface area contributed by atoms with Crippen molar-refractivity contribution in [3.63, 3.8) is 0 Å². The van der Waals surface area contributed by atoms with Gasteiger partial charge in [0.05, 0.1) is 17.2 Å². The zero-order chi connectivity index (χ0) is 14.5. The second kappa shape index (κ2) is 5.79. The van der Waals surface area contributed by atoms with Gasteiger partial charge in [0.15, 0.2) is 0 Å². The number of hydrogen-bond acceptors (Lipinski definition) is 5. The summed E-state index contributed by atoms with van der Waals surface area (Å²) in [5.74, 6) is -1.34. The number of anilines is 1. The number of aromatic carboxylic acids is 1. The molecule has 0 spiro atoms. The maximum atomic E-state index is 11.0. The van der Waals surface area contributed by atoms with Crippen LogP contribution in [0.15, 0.2) is 42.6 Å². The Morgan fingerprint density at radius 2 is 2.15 bits per heavy atom. The van der Waals surface area contributed by atoms with Crippen LogP contribution in [0.3, 0.4) is 0 Å². The number of rotatable bonds is 5. The summed E-state index contributed by atoms with van der Waals surface area (Å²) < 4.78 is 0. The first kappa shape index (κ1) is 13.5. The van der Waals surface area contributed by atoms with Gasteiger partial charge >= 0.3 is 5.97 Å². The van der Waals surface area contributed by atoms with Crippen molar-refractivity contribution in [2.24, 2.45) is 0 Å². The molecule has 0 radical (unpaired) electrons. The number of nitrogens with one attached hydrogen (secondary N) is 1. The molecule has 2 rings (SSSR count). The van der Waals surface area contributed by atoms with Crippen LogP contribution >= 0.6 is 0 Å². The fraction of sp³-hybridized carbons (Fsp3) is 0.0769. The summed E-state index contributed by atoms with van der Waals surface area (Å²) in [7, 11) is 0. The van der Waals surface area contributed by atoms with Crippen LogP contribution < -0.4 is 5.32 Å². The molecule has 2 N–H and O–H groups in total.